The van der Waals surface area contributed by atoms with Gasteiger partial charge in [0.05, 0.1) is 16.6 Å². The third-order valence-electron chi connectivity index (χ3n) is 5.35. The maximum atomic E-state index is 13.5. The maximum absolute atomic E-state index is 13.5. The van der Waals surface area contributed by atoms with Crippen LogP contribution in [-0.4, -0.2) is 22.0 Å². The Morgan fingerprint density at radius 2 is 1.66 bits per heavy atom. The number of fused-ring (bicyclic) bond motifs is 2. The molecular formula is C21H15FN2O3S2. The number of aromatic nitrogens is 1. The van der Waals surface area contributed by atoms with Crippen LogP contribution in [0, 0.1) is 18.7 Å². The summed E-state index contributed by atoms with van der Waals surface area (Å²) in [6.45, 7) is 1.94. The van der Waals surface area contributed by atoms with Gasteiger partial charge >= 0.3 is 4.87 Å². The minimum atomic E-state index is -0.654. The van der Waals surface area contributed by atoms with Gasteiger partial charge in [-0.05, 0) is 36.8 Å². The standard InChI is InChI=1S/C21H15FN2O3S2/c1-10-2-8-13(9-3-10)24-19(25)15-14(11-4-6-12(22)7-5-11)16-18(23-21(27)29-16)28-17(15)20(24)26/h2-9,14-15,17H,1H3,(H,23,27). The average molecular weight is 426 g/mol. The van der Waals surface area contributed by atoms with Crippen molar-refractivity contribution in [1.82, 2.24) is 4.98 Å². The van der Waals surface area contributed by atoms with E-state index < -0.39 is 17.1 Å². The molecule has 3 atom stereocenters. The summed E-state index contributed by atoms with van der Waals surface area (Å²) < 4.78 is 13.5. The van der Waals surface area contributed by atoms with Crippen molar-refractivity contribution in [2.45, 2.75) is 23.1 Å². The fourth-order valence-corrected chi connectivity index (χ4v) is 6.51. The van der Waals surface area contributed by atoms with E-state index in [1.165, 1.54) is 28.8 Å². The zero-order valence-electron chi connectivity index (χ0n) is 15.2. The number of nitrogens with one attached hydrogen (secondary N) is 1. The molecule has 5 nitrogen and oxygen atoms in total. The van der Waals surface area contributed by atoms with Crippen LogP contribution in [0.5, 0.6) is 0 Å². The highest BCUT2D eigenvalue weighted by Gasteiger charge is 2.56. The normalized spacial score (nSPS) is 23.2. The fourth-order valence-electron chi connectivity index (χ4n) is 3.99. The van der Waals surface area contributed by atoms with Gasteiger partial charge in [-0.15, -0.1) is 0 Å². The van der Waals surface area contributed by atoms with Gasteiger partial charge in [0, 0.05) is 10.8 Å². The number of amides is 2. The molecule has 146 valence electrons. The van der Waals surface area contributed by atoms with Crippen molar-refractivity contribution in [2.75, 3.05) is 4.90 Å². The van der Waals surface area contributed by atoms with E-state index in [0.29, 0.717) is 16.3 Å². The third kappa shape index (κ3) is 2.86. The average Bonchev–Trinajstić information content (AvgIpc) is 3.19. The lowest BCUT2D eigenvalue weighted by Gasteiger charge is -2.29. The van der Waals surface area contributed by atoms with Gasteiger partial charge in [-0.3, -0.25) is 14.4 Å². The van der Waals surface area contributed by atoms with Crippen molar-refractivity contribution in [2.24, 2.45) is 5.92 Å². The first-order valence-electron chi connectivity index (χ1n) is 9.03. The Hall–Kier alpha value is -2.71. The van der Waals surface area contributed by atoms with Gasteiger partial charge in [0.25, 0.3) is 0 Å². The molecule has 5 rings (SSSR count). The molecule has 8 heteroatoms. The molecule has 0 aliphatic carbocycles. The molecule has 1 aromatic heterocycles. The maximum Gasteiger partial charge on any atom is 0.305 e. The number of aryl methyl sites for hydroxylation is 1. The van der Waals surface area contributed by atoms with E-state index in [0.717, 1.165) is 21.8 Å². The number of carbonyl (C=O) groups is 2. The first-order valence-corrected chi connectivity index (χ1v) is 10.7. The second kappa shape index (κ2) is 6.67. The number of anilines is 1. The summed E-state index contributed by atoms with van der Waals surface area (Å²) in [7, 11) is 0. The molecule has 1 fully saturated rings. The van der Waals surface area contributed by atoms with Crippen molar-refractivity contribution in [3.05, 3.63) is 80.0 Å². The van der Waals surface area contributed by atoms with Crippen LogP contribution >= 0.6 is 23.1 Å². The lowest BCUT2D eigenvalue weighted by Crippen LogP contribution is -2.32. The van der Waals surface area contributed by atoms with E-state index in [2.05, 4.69) is 4.98 Å². The molecule has 1 saturated heterocycles. The van der Waals surface area contributed by atoms with Crippen LogP contribution in [0.15, 0.2) is 58.4 Å². The van der Waals surface area contributed by atoms with Crippen LogP contribution in [0.3, 0.4) is 0 Å². The number of aromatic amines is 1. The number of imide groups is 1. The lowest BCUT2D eigenvalue weighted by molar-refractivity contribution is -0.122. The summed E-state index contributed by atoms with van der Waals surface area (Å²) >= 11 is 2.27. The molecule has 3 unspecified atom stereocenters. The number of carbonyl (C=O) groups excluding carboxylic acids is 2. The van der Waals surface area contributed by atoms with Crippen molar-refractivity contribution >= 4 is 40.6 Å². The Bertz CT molecular complexity index is 1180. The summed E-state index contributed by atoms with van der Waals surface area (Å²) in [5.41, 5.74) is 2.28. The quantitative estimate of drug-likeness (QED) is 0.635. The van der Waals surface area contributed by atoms with Gasteiger partial charge in [0.2, 0.25) is 11.8 Å². The second-order valence-electron chi connectivity index (χ2n) is 7.15. The summed E-state index contributed by atoms with van der Waals surface area (Å²) in [6, 6.07) is 13.1. The van der Waals surface area contributed by atoms with Crippen LogP contribution in [0.1, 0.15) is 21.9 Å². The van der Waals surface area contributed by atoms with Crippen molar-refractivity contribution < 1.29 is 14.0 Å². The van der Waals surface area contributed by atoms with Crippen LogP contribution in [0.25, 0.3) is 0 Å². The Labute approximate surface area is 173 Å². The molecule has 0 saturated carbocycles. The van der Waals surface area contributed by atoms with E-state index >= 15 is 0 Å². The molecule has 2 aliphatic rings. The van der Waals surface area contributed by atoms with Crippen LogP contribution in [0.4, 0.5) is 10.1 Å². The smallest absolute Gasteiger partial charge is 0.305 e. The SMILES string of the molecule is Cc1ccc(N2C(=O)C3Sc4[nH]c(=O)sc4C(c4ccc(F)cc4)C3C2=O)cc1. The number of rotatable bonds is 2. The highest BCUT2D eigenvalue weighted by Crippen LogP contribution is 2.53. The minimum absolute atomic E-state index is 0.232. The summed E-state index contributed by atoms with van der Waals surface area (Å²) in [6.07, 6.45) is 0. The molecular weight excluding hydrogens is 411 g/mol. The first kappa shape index (κ1) is 18.3. The predicted octanol–water partition coefficient (Wildman–Crippen LogP) is 3.68. The molecule has 0 bridgehead atoms. The van der Waals surface area contributed by atoms with Gasteiger partial charge in [0.1, 0.15) is 11.1 Å². The number of thioether (sulfide) groups is 1. The zero-order chi connectivity index (χ0) is 20.3. The predicted molar refractivity (Wildman–Crippen MR) is 110 cm³/mol. The van der Waals surface area contributed by atoms with Crippen LogP contribution in [-0.2, 0) is 9.59 Å². The van der Waals surface area contributed by atoms with Gasteiger partial charge in [-0.25, -0.2) is 9.29 Å². The number of thiazole rings is 1. The molecule has 2 amide bonds. The van der Waals surface area contributed by atoms with Crippen molar-refractivity contribution in [1.29, 1.82) is 0 Å². The fraction of sp³-hybridized carbons (Fsp3) is 0.190. The molecule has 0 spiro atoms. The van der Waals surface area contributed by atoms with Crippen LogP contribution in [0.2, 0.25) is 0 Å². The van der Waals surface area contributed by atoms with Crippen LogP contribution < -0.4 is 9.77 Å². The lowest BCUT2D eigenvalue weighted by atomic mass is 9.83. The molecule has 0 radical (unpaired) electrons. The highest BCUT2D eigenvalue weighted by atomic mass is 32.2. The molecule has 2 aliphatic heterocycles. The number of halogens is 1. The van der Waals surface area contributed by atoms with E-state index in [9.17, 15) is 18.8 Å². The topological polar surface area (TPSA) is 70.2 Å². The molecule has 1 N–H and O–H groups in total. The van der Waals surface area contributed by atoms with Gasteiger partial charge < -0.3 is 4.98 Å². The molecule has 2 aromatic carbocycles. The Morgan fingerprint density at radius 1 is 0.966 bits per heavy atom. The van der Waals surface area contributed by atoms with Gasteiger partial charge in [0.15, 0.2) is 0 Å². The zero-order valence-corrected chi connectivity index (χ0v) is 16.9. The Balaban J connectivity index is 1.64. The van der Waals surface area contributed by atoms with E-state index in [1.807, 2.05) is 19.1 Å². The number of benzene rings is 2. The first-order chi connectivity index (χ1) is 13.9. The van der Waals surface area contributed by atoms with E-state index in [1.54, 1.807) is 24.3 Å². The minimum Gasteiger partial charge on any atom is -0.307 e. The second-order valence-corrected chi connectivity index (χ2v) is 9.32. The number of hydrogen-bond donors (Lipinski definition) is 1. The van der Waals surface area contributed by atoms with Crippen molar-refractivity contribution in [3.8, 4) is 0 Å². The summed E-state index contributed by atoms with van der Waals surface area (Å²) in [5, 5.41) is -0.0286. The Morgan fingerprint density at radius 3 is 2.34 bits per heavy atom. The molecule has 3 aromatic rings. The number of hydrogen-bond acceptors (Lipinski definition) is 5. The molecule has 29 heavy (non-hydrogen) atoms. The largest absolute Gasteiger partial charge is 0.307 e. The Kier molecular flexibility index (Phi) is 4.22. The summed E-state index contributed by atoms with van der Waals surface area (Å²) in [4.78, 5) is 43.2. The number of nitrogens with zero attached hydrogens (tertiary/aromatic N) is 1. The van der Waals surface area contributed by atoms with E-state index in [-0.39, 0.29) is 22.5 Å². The highest BCUT2D eigenvalue weighted by molar-refractivity contribution is 8.00. The van der Waals surface area contributed by atoms with Crippen molar-refractivity contribution in [3.63, 3.8) is 0 Å². The molecule has 3 heterocycles. The van der Waals surface area contributed by atoms with Gasteiger partial charge in [-0.1, -0.05) is 52.9 Å². The van der Waals surface area contributed by atoms with Gasteiger partial charge in [-0.2, -0.15) is 0 Å². The number of H-pyrrole nitrogens is 1. The monoisotopic (exact) mass is 426 g/mol. The van der Waals surface area contributed by atoms with E-state index in [4.69, 9.17) is 0 Å². The third-order valence-corrected chi connectivity index (χ3v) is 7.75. The summed E-state index contributed by atoms with van der Waals surface area (Å²) in [5.74, 6) is -2.10.